The van der Waals surface area contributed by atoms with Gasteiger partial charge in [0, 0.05) is 18.4 Å². The van der Waals surface area contributed by atoms with Gasteiger partial charge in [0.15, 0.2) is 6.61 Å². The van der Waals surface area contributed by atoms with E-state index in [1.807, 2.05) is 35.6 Å². The number of aliphatic carboxylic acids is 1. The van der Waals surface area contributed by atoms with E-state index in [1.54, 1.807) is 24.4 Å². The first-order valence-corrected chi connectivity index (χ1v) is 7.69. The summed E-state index contributed by atoms with van der Waals surface area (Å²) in [5, 5.41) is 11.4. The maximum Gasteiger partial charge on any atom is 0.341 e. The zero-order valence-electron chi connectivity index (χ0n) is 13.6. The van der Waals surface area contributed by atoms with E-state index in [1.165, 1.54) is 0 Å². The summed E-state index contributed by atoms with van der Waals surface area (Å²) >= 11 is 0. The molecule has 0 saturated heterocycles. The number of carboxylic acids is 1. The Bertz CT molecular complexity index is 933. The van der Waals surface area contributed by atoms with Crippen LogP contribution in [-0.4, -0.2) is 33.0 Å². The number of nitrogens with one attached hydrogen (secondary N) is 1. The average Bonchev–Trinajstić information content (AvgIpc) is 3.04. The Labute approximate surface area is 143 Å². The summed E-state index contributed by atoms with van der Waals surface area (Å²) in [6.45, 7) is 1.82. The molecule has 0 aliphatic carbocycles. The van der Waals surface area contributed by atoms with Gasteiger partial charge in [-0.15, -0.1) is 0 Å². The molecule has 7 nitrogen and oxygen atoms in total. The largest absolute Gasteiger partial charge is 0.482 e. The lowest BCUT2D eigenvalue weighted by atomic mass is 10.2. The van der Waals surface area contributed by atoms with Gasteiger partial charge < -0.3 is 19.6 Å². The average molecular weight is 339 g/mol. The fraction of sp³-hybridized carbons (Fsp3) is 0.167. The topological polar surface area (TPSA) is 92.9 Å². The Balaban J connectivity index is 1.66. The molecule has 0 bridgehead atoms. The lowest BCUT2D eigenvalue weighted by Gasteiger charge is -2.07. The van der Waals surface area contributed by atoms with Gasteiger partial charge in [0.1, 0.15) is 17.1 Å². The zero-order valence-corrected chi connectivity index (χ0v) is 13.6. The Morgan fingerprint density at radius 2 is 2.04 bits per heavy atom. The molecule has 3 rings (SSSR count). The molecule has 0 fully saturated rings. The molecule has 0 saturated carbocycles. The Hall–Kier alpha value is -3.35. The third-order valence-corrected chi connectivity index (χ3v) is 3.64. The molecule has 0 spiro atoms. The summed E-state index contributed by atoms with van der Waals surface area (Å²) < 4.78 is 6.98. The zero-order chi connectivity index (χ0) is 17.8. The van der Waals surface area contributed by atoms with Crippen LogP contribution >= 0.6 is 0 Å². The van der Waals surface area contributed by atoms with Crippen LogP contribution in [0.5, 0.6) is 5.75 Å². The number of nitrogens with zero attached hydrogens (tertiary/aromatic N) is 2. The number of ether oxygens (including phenoxy) is 1. The monoisotopic (exact) mass is 339 g/mol. The van der Waals surface area contributed by atoms with Gasteiger partial charge >= 0.3 is 5.97 Å². The van der Waals surface area contributed by atoms with Crippen molar-refractivity contribution in [2.24, 2.45) is 0 Å². The van der Waals surface area contributed by atoms with Gasteiger partial charge in [-0.3, -0.25) is 4.79 Å². The number of fused-ring (bicyclic) bond motifs is 1. The van der Waals surface area contributed by atoms with Crippen molar-refractivity contribution in [2.45, 2.75) is 13.5 Å². The highest BCUT2D eigenvalue weighted by Crippen LogP contribution is 2.13. The van der Waals surface area contributed by atoms with Crippen LogP contribution in [-0.2, 0) is 11.3 Å². The van der Waals surface area contributed by atoms with Crippen molar-refractivity contribution >= 4 is 17.5 Å². The number of amides is 1. The second kappa shape index (κ2) is 7.04. The van der Waals surface area contributed by atoms with Crippen LogP contribution in [0.3, 0.4) is 0 Å². The minimum absolute atomic E-state index is 0.278. The first-order chi connectivity index (χ1) is 12.0. The molecule has 7 heteroatoms. The van der Waals surface area contributed by atoms with Gasteiger partial charge in [-0.05, 0) is 36.8 Å². The third kappa shape index (κ3) is 3.95. The van der Waals surface area contributed by atoms with Gasteiger partial charge in [0.25, 0.3) is 5.91 Å². The molecule has 1 amide bonds. The number of carbonyl (C=O) groups excluding carboxylic acids is 1. The summed E-state index contributed by atoms with van der Waals surface area (Å²) in [5.41, 5.74) is 2.85. The van der Waals surface area contributed by atoms with Crippen molar-refractivity contribution in [1.82, 2.24) is 14.7 Å². The van der Waals surface area contributed by atoms with E-state index in [0.29, 0.717) is 17.1 Å². The van der Waals surface area contributed by atoms with Crippen molar-refractivity contribution in [3.05, 3.63) is 65.6 Å². The van der Waals surface area contributed by atoms with Crippen molar-refractivity contribution in [1.29, 1.82) is 0 Å². The molecular weight excluding hydrogens is 322 g/mol. The van der Waals surface area contributed by atoms with E-state index >= 15 is 0 Å². The number of pyridine rings is 1. The predicted octanol–water partition coefficient (Wildman–Crippen LogP) is 2.04. The quantitative estimate of drug-likeness (QED) is 0.717. The second-order valence-corrected chi connectivity index (χ2v) is 5.53. The molecule has 0 unspecified atom stereocenters. The normalized spacial score (nSPS) is 10.6. The van der Waals surface area contributed by atoms with Crippen LogP contribution in [0, 0.1) is 6.92 Å². The molecule has 0 aliphatic heterocycles. The standard InChI is InChI=1S/C18H17N3O4/c1-12-4-2-7-16-20-15(10-21(12)16)18(24)19-9-13-5-3-6-14(8-13)25-11-17(22)23/h2-8,10H,9,11H2,1H3,(H,19,24)(H,22,23). The summed E-state index contributed by atoms with van der Waals surface area (Å²) in [7, 11) is 0. The maximum absolute atomic E-state index is 12.3. The molecule has 128 valence electrons. The van der Waals surface area contributed by atoms with E-state index in [9.17, 15) is 9.59 Å². The van der Waals surface area contributed by atoms with Crippen LogP contribution in [0.25, 0.3) is 5.65 Å². The van der Waals surface area contributed by atoms with Crippen LogP contribution in [0.4, 0.5) is 0 Å². The van der Waals surface area contributed by atoms with Gasteiger partial charge in [0.2, 0.25) is 0 Å². The number of aryl methyl sites for hydroxylation is 1. The summed E-state index contributed by atoms with van der Waals surface area (Å²) in [6, 6.07) is 12.6. The highest BCUT2D eigenvalue weighted by molar-refractivity contribution is 5.92. The first-order valence-electron chi connectivity index (χ1n) is 7.69. The second-order valence-electron chi connectivity index (χ2n) is 5.53. The maximum atomic E-state index is 12.3. The Morgan fingerprint density at radius 3 is 2.80 bits per heavy atom. The predicted molar refractivity (Wildman–Crippen MR) is 90.7 cm³/mol. The number of carbonyl (C=O) groups is 2. The SMILES string of the molecule is Cc1cccc2nc(C(=O)NCc3cccc(OCC(=O)O)c3)cn12. The smallest absolute Gasteiger partial charge is 0.341 e. The summed E-state index contributed by atoms with van der Waals surface area (Å²) in [5.74, 6) is -0.877. The van der Waals surface area contributed by atoms with Crippen LogP contribution in [0.2, 0.25) is 0 Å². The van der Waals surface area contributed by atoms with Crippen LogP contribution < -0.4 is 10.1 Å². The van der Waals surface area contributed by atoms with Gasteiger partial charge in [-0.25, -0.2) is 9.78 Å². The minimum atomic E-state index is -1.04. The molecule has 0 radical (unpaired) electrons. The highest BCUT2D eigenvalue weighted by Gasteiger charge is 2.11. The van der Waals surface area contributed by atoms with E-state index in [-0.39, 0.29) is 12.5 Å². The lowest BCUT2D eigenvalue weighted by molar-refractivity contribution is -0.139. The van der Waals surface area contributed by atoms with Crippen molar-refractivity contribution in [2.75, 3.05) is 6.61 Å². The van der Waals surface area contributed by atoms with E-state index in [0.717, 1.165) is 11.3 Å². The molecule has 0 atom stereocenters. The molecule has 2 aromatic heterocycles. The fourth-order valence-corrected chi connectivity index (χ4v) is 2.42. The number of benzene rings is 1. The van der Waals surface area contributed by atoms with Crippen LogP contribution in [0.15, 0.2) is 48.7 Å². The van der Waals surface area contributed by atoms with E-state index in [4.69, 9.17) is 9.84 Å². The Morgan fingerprint density at radius 1 is 1.24 bits per heavy atom. The fourth-order valence-electron chi connectivity index (χ4n) is 2.42. The van der Waals surface area contributed by atoms with E-state index in [2.05, 4.69) is 10.3 Å². The van der Waals surface area contributed by atoms with Gasteiger partial charge in [-0.1, -0.05) is 18.2 Å². The molecular formula is C18H17N3O4. The Kier molecular flexibility index (Phi) is 4.65. The number of hydrogen-bond acceptors (Lipinski definition) is 4. The minimum Gasteiger partial charge on any atom is -0.482 e. The highest BCUT2D eigenvalue weighted by atomic mass is 16.5. The van der Waals surface area contributed by atoms with Crippen molar-refractivity contribution < 1.29 is 19.4 Å². The first kappa shape index (κ1) is 16.5. The number of aromatic nitrogens is 2. The summed E-state index contributed by atoms with van der Waals surface area (Å²) in [6.07, 6.45) is 1.70. The molecule has 0 aliphatic rings. The van der Waals surface area contributed by atoms with Crippen LogP contribution in [0.1, 0.15) is 21.7 Å². The molecule has 25 heavy (non-hydrogen) atoms. The lowest BCUT2D eigenvalue weighted by Crippen LogP contribution is -2.23. The van der Waals surface area contributed by atoms with E-state index < -0.39 is 12.6 Å². The summed E-state index contributed by atoms with van der Waals surface area (Å²) in [4.78, 5) is 27.2. The molecule has 1 aromatic carbocycles. The van der Waals surface area contributed by atoms with Crippen molar-refractivity contribution in [3.8, 4) is 5.75 Å². The molecule has 2 N–H and O–H groups in total. The number of imidazole rings is 1. The number of rotatable bonds is 6. The van der Waals surface area contributed by atoms with Gasteiger partial charge in [0.05, 0.1) is 0 Å². The number of hydrogen-bond donors (Lipinski definition) is 2. The molecule has 3 aromatic rings. The number of carboxylic acid groups (broad SMARTS) is 1. The third-order valence-electron chi connectivity index (χ3n) is 3.64. The molecule has 2 heterocycles. The van der Waals surface area contributed by atoms with Crippen molar-refractivity contribution in [3.63, 3.8) is 0 Å². The van der Waals surface area contributed by atoms with Gasteiger partial charge in [-0.2, -0.15) is 0 Å².